The van der Waals surface area contributed by atoms with Gasteiger partial charge in [0.2, 0.25) is 0 Å². The summed E-state index contributed by atoms with van der Waals surface area (Å²) < 4.78 is 1.39. The van der Waals surface area contributed by atoms with E-state index in [0.717, 1.165) is 16.5 Å². The summed E-state index contributed by atoms with van der Waals surface area (Å²) in [7, 11) is 0. The summed E-state index contributed by atoms with van der Waals surface area (Å²) in [6.45, 7) is 1.93. The Hall–Kier alpha value is -2.69. The summed E-state index contributed by atoms with van der Waals surface area (Å²) in [5, 5.41) is 0.984. The van der Waals surface area contributed by atoms with Crippen molar-refractivity contribution in [2.24, 2.45) is 0 Å². The smallest absolute Gasteiger partial charge is 0.274 e. The fraction of sp³-hybridized carbons (Fsp3) is 0.0714. The second-order valence-electron chi connectivity index (χ2n) is 4.27. The number of hydrogen-bond donors (Lipinski definition) is 1. The van der Waals surface area contributed by atoms with E-state index >= 15 is 0 Å². The molecule has 5 heteroatoms. The SMILES string of the molecule is Cc1c(-n2ccc(=O)[nH]c2=O)cnc2ccccc12. The van der Waals surface area contributed by atoms with Gasteiger partial charge in [-0.3, -0.25) is 19.3 Å². The van der Waals surface area contributed by atoms with Gasteiger partial charge in [0, 0.05) is 17.6 Å². The predicted molar refractivity (Wildman–Crippen MR) is 72.7 cm³/mol. The standard InChI is InChI=1S/C14H11N3O2/c1-9-10-4-2-3-5-11(10)15-8-12(9)17-7-6-13(18)16-14(17)19/h2-8H,1H3,(H,16,18,19). The monoisotopic (exact) mass is 253 g/mol. The molecular formula is C14H11N3O2. The zero-order valence-corrected chi connectivity index (χ0v) is 10.3. The van der Waals surface area contributed by atoms with Crippen LogP contribution in [0.4, 0.5) is 0 Å². The third-order valence-electron chi connectivity index (χ3n) is 3.10. The van der Waals surface area contributed by atoms with Gasteiger partial charge in [0.1, 0.15) is 0 Å². The van der Waals surface area contributed by atoms with E-state index in [2.05, 4.69) is 9.97 Å². The van der Waals surface area contributed by atoms with Crippen molar-refractivity contribution in [3.63, 3.8) is 0 Å². The molecule has 2 heterocycles. The third-order valence-corrected chi connectivity index (χ3v) is 3.10. The van der Waals surface area contributed by atoms with Crippen LogP contribution >= 0.6 is 0 Å². The Bertz CT molecular complexity index is 877. The normalized spacial score (nSPS) is 10.8. The number of hydrogen-bond acceptors (Lipinski definition) is 3. The molecule has 0 aliphatic heterocycles. The lowest BCUT2D eigenvalue weighted by molar-refractivity contribution is 0.887. The minimum absolute atomic E-state index is 0.410. The number of H-pyrrole nitrogens is 1. The van der Waals surface area contributed by atoms with Gasteiger partial charge in [0.05, 0.1) is 17.4 Å². The van der Waals surface area contributed by atoms with E-state index in [-0.39, 0.29) is 0 Å². The highest BCUT2D eigenvalue weighted by molar-refractivity contribution is 5.84. The van der Waals surface area contributed by atoms with Gasteiger partial charge >= 0.3 is 5.69 Å². The molecule has 1 N–H and O–H groups in total. The van der Waals surface area contributed by atoms with E-state index in [1.165, 1.54) is 16.8 Å². The lowest BCUT2D eigenvalue weighted by atomic mass is 10.1. The lowest BCUT2D eigenvalue weighted by Crippen LogP contribution is -2.27. The Morgan fingerprint density at radius 2 is 1.95 bits per heavy atom. The molecule has 0 radical (unpaired) electrons. The van der Waals surface area contributed by atoms with Crippen molar-refractivity contribution in [2.75, 3.05) is 0 Å². The number of nitrogens with one attached hydrogen (secondary N) is 1. The van der Waals surface area contributed by atoms with Crippen molar-refractivity contribution in [1.29, 1.82) is 0 Å². The quantitative estimate of drug-likeness (QED) is 0.712. The lowest BCUT2D eigenvalue weighted by Gasteiger charge is -2.10. The van der Waals surface area contributed by atoms with Crippen molar-refractivity contribution in [3.8, 4) is 5.69 Å². The first-order valence-corrected chi connectivity index (χ1v) is 5.83. The molecule has 3 rings (SSSR count). The van der Waals surface area contributed by atoms with Gasteiger partial charge in [0.25, 0.3) is 5.56 Å². The average molecular weight is 253 g/mol. The third kappa shape index (κ3) is 1.85. The number of pyridine rings is 1. The zero-order chi connectivity index (χ0) is 13.4. The molecule has 2 aromatic heterocycles. The first kappa shape index (κ1) is 11.4. The number of aromatic nitrogens is 3. The molecule has 0 amide bonds. The number of benzene rings is 1. The Morgan fingerprint density at radius 3 is 2.74 bits per heavy atom. The van der Waals surface area contributed by atoms with Gasteiger partial charge in [-0.2, -0.15) is 0 Å². The first-order chi connectivity index (χ1) is 9.16. The molecule has 5 nitrogen and oxygen atoms in total. The van der Waals surface area contributed by atoms with E-state index in [0.29, 0.717) is 5.69 Å². The van der Waals surface area contributed by atoms with Crippen LogP contribution in [-0.2, 0) is 0 Å². The van der Waals surface area contributed by atoms with Crippen LogP contribution in [0.5, 0.6) is 0 Å². The number of fused-ring (bicyclic) bond motifs is 1. The fourth-order valence-electron chi connectivity index (χ4n) is 2.12. The van der Waals surface area contributed by atoms with Crippen molar-refractivity contribution < 1.29 is 0 Å². The number of nitrogens with zero attached hydrogens (tertiary/aromatic N) is 2. The molecule has 0 spiro atoms. The summed E-state index contributed by atoms with van der Waals surface area (Å²) >= 11 is 0. The van der Waals surface area contributed by atoms with Crippen LogP contribution in [0.3, 0.4) is 0 Å². The van der Waals surface area contributed by atoms with E-state index in [1.807, 2.05) is 31.2 Å². The largest absolute Gasteiger partial charge is 0.332 e. The van der Waals surface area contributed by atoms with E-state index < -0.39 is 11.2 Å². The minimum Gasteiger partial charge on any atom is -0.274 e. The van der Waals surface area contributed by atoms with Crippen LogP contribution in [0, 0.1) is 6.92 Å². The molecule has 0 bridgehead atoms. The topological polar surface area (TPSA) is 67.8 Å². The van der Waals surface area contributed by atoms with Crippen LogP contribution in [0.15, 0.2) is 52.3 Å². The van der Waals surface area contributed by atoms with Gasteiger partial charge < -0.3 is 0 Å². The second kappa shape index (κ2) is 4.20. The molecule has 0 fully saturated rings. The maximum Gasteiger partial charge on any atom is 0.332 e. The molecule has 0 unspecified atom stereocenters. The number of para-hydroxylation sites is 1. The van der Waals surface area contributed by atoms with Crippen LogP contribution in [0.2, 0.25) is 0 Å². The van der Waals surface area contributed by atoms with Crippen molar-refractivity contribution in [1.82, 2.24) is 14.5 Å². The van der Waals surface area contributed by atoms with Gasteiger partial charge in [-0.25, -0.2) is 4.79 Å². The van der Waals surface area contributed by atoms with E-state index in [1.54, 1.807) is 6.20 Å². The molecule has 94 valence electrons. The first-order valence-electron chi connectivity index (χ1n) is 5.83. The summed E-state index contributed by atoms with van der Waals surface area (Å²) in [6, 6.07) is 9.03. The Morgan fingerprint density at radius 1 is 1.16 bits per heavy atom. The summed E-state index contributed by atoms with van der Waals surface area (Å²) in [6.07, 6.45) is 3.09. The molecule has 0 aliphatic carbocycles. The molecule has 0 atom stereocenters. The maximum absolute atomic E-state index is 11.8. The van der Waals surface area contributed by atoms with Crippen LogP contribution in [0.1, 0.15) is 5.56 Å². The van der Waals surface area contributed by atoms with E-state index in [4.69, 9.17) is 0 Å². The minimum atomic E-state index is -0.465. The molecule has 19 heavy (non-hydrogen) atoms. The van der Waals surface area contributed by atoms with Gasteiger partial charge in [-0.1, -0.05) is 18.2 Å². The predicted octanol–water partition coefficient (Wildman–Crippen LogP) is 1.38. The molecule has 1 aromatic carbocycles. The van der Waals surface area contributed by atoms with Crippen LogP contribution in [0.25, 0.3) is 16.6 Å². The summed E-state index contributed by atoms with van der Waals surface area (Å²) in [4.78, 5) is 29.5. The van der Waals surface area contributed by atoms with Crippen LogP contribution < -0.4 is 11.2 Å². The van der Waals surface area contributed by atoms with Crippen molar-refractivity contribution >= 4 is 10.9 Å². The molecule has 3 aromatic rings. The van der Waals surface area contributed by atoms with Gasteiger partial charge in [-0.05, 0) is 18.6 Å². The number of aryl methyl sites for hydroxylation is 1. The summed E-state index contributed by atoms with van der Waals surface area (Å²) in [5.74, 6) is 0. The zero-order valence-electron chi connectivity index (χ0n) is 10.3. The van der Waals surface area contributed by atoms with Crippen molar-refractivity contribution in [2.45, 2.75) is 6.92 Å². The average Bonchev–Trinajstić information content (AvgIpc) is 2.41. The van der Waals surface area contributed by atoms with Gasteiger partial charge in [0.15, 0.2) is 0 Å². The Labute approximate surface area is 108 Å². The maximum atomic E-state index is 11.8. The Balaban J connectivity index is 2.34. The second-order valence-corrected chi connectivity index (χ2v) is 4.27. The summed E-state index contributed by atoms with van der Waals surface area (Å²) in [5.41, 5.74) is 1.61. The Kier molecular flexibility index (Phi) is 2.52. The molecule has 0 aliphatic rings. The molecule has 0 saturated heterocycles. The number of rotatable bonds is 1. The highest BCUT2D eigenvalue weighted by atomic mass is 16.2. The molecule has 0 saturated carbocycles. The van der Waals surface area contributed by atoms with Crippen LogP contribution in [-0.4, -0.2) is 14.5 Å². The highest BCUT2D eigenvalue weighted by Gasteiger charge is 2.07. The number of aromatic amines is 1. The van der Waals surface area contributed by atoms with Gasteiger partial charge in [-0.15, -0.1) is 0 Å². The van der Waals surface area contributed by atoms with E-state index in [9.17, 15) is 9.59 Å². The fourth-order valence-corrected chi connectivity index (χ4v) is 2.12. The molecular weight excluding hydrogens is 242 g/mol. The van der Waals surface area contributed by atoms with Crippen molar-refractivity contribution in [3.05, 3.63) is 69.1 Å². The highest BCUT2D eigenvalue weighted by Crippen LogP contribution is 2.20.